The van der Waals surface area contributed by atoms with Crippen molar-refractivity contribution in [1.82, 2.24) is 4.57 Å². The average molecular weight is 247 g/mol. The summed E-state index contributed by atoms with van der Waals surface area (Å²) in [5, 5.41) is 0. The zero-order valence-corrected chi connectivity index (χ0v) is 11.2. The molecule has 0 saturated heterocycles. The van der Waals surface area contributed by atoms with Crippen molar-refractivity contribution in [2.75, 3.05) is 0 Å². The number of hydrogen-bond acceptors (Lipinski definition) is 0. The summed E-state index contributed by atoms with van der Waals surface area (Å²) >= 11 is 0. The van der Waals surface area contributed by atoms with E-state index in [0.29, 0.717) is 5.92 Å². The summed E-state index contributed by atoms with van der Waals surface area (Å²) in [4.78, 5) is 0. The number of rotatable bonds is 3. The summed E-state index contributed by atoms with van der Waals surface area (Å²) in [6, 6.07) is 8.43. The minimum Gasteiger partial charge on any atom is -0.322 e. The summed E-state index contributed by atoms with van der Waals surface area (Å²) in [5.74, 6) is 3.48. The maximum atomic E-state index is 5.60. The van der Waals surface area contributed by atoms with E-state index in [1.807, 2.05) is 6.92 Å². The Morgan fingerprint density at radius 2 is 1.95 bits per heavy atom. The monoisotopic (exact) mass is 247 g/mol. The second kappa shape index (κ2) is 4.48. The van der Waals surface area contributed by atoms with Gasteiger partial charge in [-0.1, -0.05) is 30.2 Å². The molecule has 3 rings (SSSR count). The molecule has 1 nitrogen and oxygen atoms in total. The number of aromatic nitrogens is 1. The highest BCUT2D eigenvalue weighted by Crippen LogP contribution is 2.42. The quantitative estimate of drug-likeness (QED) is 0.710. The largest absolute Gasteiger partial charge is 0.322 e. The van der Waals surface area contributed by atoms with E-state index in [2.05, 4.69) is 53.7 Å². The summed E-state index contributed by atoms with van der Waals surface area (Å²) in [5.41, 5.74) is 5.77. The first kappa shape index (κ1) is 11.9. The second-order valence-corrected chi connectivity index (χ2v) is 5.28. The van der Waals surface area contributed by atoms with Gasteiger partial charge >= 0.3 is 0 Å². The van der Waals surface area contributed by atoms with E-state index in [9.17, 15) is 0 Å². The van der Waals surface area contributed by atoms with E-state index in [0.717, 1.165) is 16.8 Å². The third-order valence-corrected chi connectivity index (χ3v) is 3.69. The van der Waals surface area contributed by atoms with Crippen molar-refractivity contribution < 1.29 is 0 Å². The van der Waals surface area contributed by atoms with Gasteiger partial charge in [0.15, 0.2) is 0 Å². The molecule has 1 fully saturated rings. The Morgan fingerprint density at radius 1 is 1.26 bits per heavy atom. The van der Waals surface area contributed by atoms with E-state index in [-0.39, 0.29) is 0 Å². The van der Waals surface area contributed by atoms with Gasteiger partial charge in [-0.15, -0.1) is 6.42 Å². The van der Waals surface area contributed by atoms with Gasteiger partial charge in [0.2, 0.25) is 0 Å². The first-order valence-electron chi connectivity index (χ1n) is 6.64. The van der Waals surface area contributed by atoms with Crippen LogP contribution in [0.5, 0.6) is 0 Å². The first-order valence-corrected chi connectivity index (χ1v) is 6.64. The molecule has 0 radical (unpaired) electrons. The molecule has 94 valence electrons. The van der Waals surface area contributed by atoms with Crippen LogP contribution in [0, 0.1) is 12.3 Å². The Hall–Kier alpha value is -2.20. The molecule has 0 bridgehead atoms. The van der Waals surface area contributed by atoms with Crippen LogP contribution in [0.2, 0.25) is 0 Å². The zero-order chi connectivity index (χ0) is 13.4. The van der Waals surface area contributed by atoms with Crippen LogP contribution in [0.4, 0.5) is 0 Å². The van der Waals surface area contributed by atoms with Gasteiger partial charge in [-0.05, 0) is 48.9 Å². The van der Waals surface area contributed by atoms with Gasteiger partial charge in [-0.3, -0.25) is 0 Å². The van der Waals surface area contributed by atoms with Crippen molar-refractivity contribution in [3.05, 3.63) is 59.9 Å². The van der Waals surface area contributed by atoms with Crippen LogP contribution in [-0.2, 0) is 0 Å². The molecule has 1 heteroatoms. The summed E-state index contributed by atoms with van der Waals surface area (Å²) < 4.78 is 2.13. The van der Waals surface area contributed by atoms with Crippen molar-refractivity contribution in [1.29, 1.82) is 0 Å². The SMILES string of the molecule is C#Cc1cn(-c2ccc(C(=C)C)cc2)cc1C1CC1. The average Bonchev–Trinajstić information content (AvgIpc) is 3.18. The highest BCUT2D eigenvalue weighted by Gasteiger charge is 2.27. The summed E-state index contributed by atoms with van der Waals surface area (Å²) in [6.07, 6.45) is 12.4. The Balaban J connectivity index is 1.97. The Morgan fingerprint density at radius 3 is 2.47 bits per heavy atom. The van der Waals surface area contributed by atoms with Crippen LogP contribution >= 0.6 is 0 Å². The molecule has 1 aliphatic rings. The molecule has 0 aliphatic heterocycles. The minimum absolute atomic E-state index is 0.682. The van der Waals surface area contributed by atoms with Crippen LogP contribution in [0.3, 0.4) is 0 Å². The van der Waals surface area contributed by atoms with Crippen molar-refractivity contribution >= 4 is 5.57 Å². The molecule has 1 aromatic heterocycles. The number of benzene rings is 1. The molecular weight excluding hydrogens is 230 g/mol. The molecule has 0 unspecified atom stereocenters. The second-order valence-electron chi connectivity index (χ2n) is 5.28. The Kier molecular flexibility index (Phi) is 2.80. The molecule has 1 heterocycles. The Bertz CT molecular complexity index is 661. The topological polar surface area (TPSA) is 4.93 Å². The van der Waals surface area contributed by atoms with E-state index < -0.39 is 0 Å². The molecular formula is C18H17N. The van der Waals surface area contributed by atoms with E-state index in [1.165, 1.54) is 24.0 Å². The molecule has 1 aliphatic carbocycles. The minimum atomic E-state index is 0.682. The lowest BCUT2D eigenvalue weighted by Gasteiger charge is -2.04. The van der Waals surface area contributed by atoms with Gasteiger partial charge in [0, 0.05) is 23.6 Å². The third-order valence-electron chi connectivity index (χ3n) is 3.69. The van der Waals surface area contributed by atoms with Gasteiger partial charge in [-0.25, -0.2) is 0 Å². The Labute approximate surface area is 114 Å². The number of terminal acetylenes is 1. The van der Waals surface area contributed by atoms with Crippen molar-refractivity contribution in [2.45, 2.75) is 25.7 Å². The van der Waals surface area contributed by atoms with Crippen molar-refractivity contribution in [3.63, 3.8) is 0 Å². The summed E-state index contributed by atoms with van der Waals surface area (Å²) in [6.45, 7) is 5.98. The lowest BCUT2D eigenvalue weighted by Crippen LogP contribution is -1.90. The van der Waals surface area contributed by atoms with Crippen LogP contribution in [0.1, 0.15) is 42.4 Å². The van der Waals surface area contributed by atoms with Crippen LogP contribution in [-0.4, -0.2) is 4.57 Å². The predicted molar refractivity (Wildman–Crippen MR) is 80.4 cm³/mol. The third kappa shape index (κ3) is 2.22. The molecule has 0 spiro atoms. The fraction of sp³-hybridized carbons (Fsp3) is 0.222. The predicted octanol–water partition coefficient (Wildman–Crippen LogP) is 4.37. The molecule has 1 saturated carbocycles. The maximum absolute atomic E-state index is 5.60. The fourth-order valence-corrected chi connectivity index (χ4v) is 2.38. The van der Waals surface area contributed by atoms with Gasteiger partial charge in [0.05, 0.1) is 0 Å². The normalized spacial score (nSPS) is 14.1. The van der Waals surface area contributed by atoms with Crippen molar-refractivity contribution in [2.24, 2.45) is 0 Å². The highest BCUT2D eigenvalue weighted by atomic mass is 14.9. The molecule has 19 heavy (non-hydrogen) atoms. The number of allylic oxidation sites excluding steroid dienone is 1. The molecule has 0 amide bonds. The lowest BCUT2D eigenvalue weighted by atomic mass is 10.1. The highest BCUT2D eigenvalue weighted by molar-refractivity contribution is 5.62. The number of hydrogen-bond donors (Lipinski definition) is 0. The molecule has 0 N–H and O–H groups in total. The molecule has 2 aromatic rings. The fourth-order valence-electron chi connectivity index (χ4n) is 2.38. The number of nitrogens with zero attached hydrogens (tertiary/aromatic N) is 1. The van der Waals surface area contributed by atoms with E-state index in [1.54, 1.807) is 0 Å². The van der Waals surface area contributed by atoms with Gasteiger partial charge in [-0.2, -0.15) is 0 Å². The maximum Gasteiger partial charge on any atom is 0.0458 e. The lowest BCUT2D eigenvalue weighted by molar-refractivity contribution is 1.05. The smallest absolute Gasteiger partial charge is 0.0458 e. The van der Waals surface area contributed by atoms with E-state index in [4.69, 9.17) is 6.42 Å². The molecule has 1 aromatic carbocycles. The van der Waals surface area contributed by atoms with Crippen molar-refractivity contribution in [3.8, 4) is 18.0 Å². The molecule has 0 atom stereocenters. The van der Waals surface area contributed by atoms with Gasteiger partial charge < -0.3 is 4.57 Å². The van der Waals surface area contributed by atoms with Gasteiger partial charge in [0.1, 0.15) is 0 Å². The van der Waals surface area contributed by atoms with Gasteiger partial charge in [0.25, 0.3) is 0 Å². The summed E-state index contributed by atoms with van der Waals surface area (Å²) in [7, 11) is 0. The zero-order valence-electron chi connectivity index (χ0n) is 11.2. The van der Waals surface area contributed by atoms with Crippen LogP contribution in [0.25, 0.3) is 11.3 Å². The standard InChI is InChI=1S/C18H17N/c1-4-14-11-19(12-18(14)16-5-6-16)17-9-7-15(8-10-17)13(2)3/h1,7-12,16H,2,5-6H2,3H3. The van der Waals surface area contributed by atoms with Crippen LogP contribution in [0.15, 0.2) is 43.2 Å². The van der Waals surface area contributed by atoms with Crippen LogP contribution < -0.4 is 0 Å². The first-order chi connectivity index (χ1) is 9.19. The van der Waals surface area contributed by atoms with E-state index >= 15 is 0 Å².